The van der Waals surface area contributed by atoms with Crippen LogP contribution in [0, 0.1) is 5.82 Å². The molecule has 2 heterocycles. The Bertz CT molecular complexity index is 973. The van der Waals surface area contributed by atoms with Crippen molar-refractivity contribution in [1.29, 1.82) is 0 Å². The Morgan fingerprint density at radius 1 is 1.46 bits per heavy atom. The van der Waals surface area contributed by atoms with E-state index in [9.17, 15) is 9.00 Å². The monoisotopic (exact) mass is 539 g/mol. The number of carbonyl (C=O) groups excluding carboxylic acids is 1. The Balaban J connectivity index is 1.96. The number of fused-ring (bicyclic) bond motifs is 1. The minimum atomic E-state index is -1.48. The molecule has 1 amide bonds. The lowest BCUT2D eigenvalue weighted by Crippen LogP contribution is -2.48. The third-order valence-corrected chi connectivity index (χ3v) is 6.98. The van der Waals surface area contributed by atoms with E-state index in [-0.39, 0.29) is 11.7 Å². The smallest absolute Gasteiger partial charge is 0.414 e. The van der Waals surface area contributed by atoms with Gasteiger partial charge in [0.1, 0.15) is 28.4 Å². The van der Waals surface area contributed by atoms with Gasteiger partial charge in [-0.15, -0.1) is 11.3 Å². The number of rotatable bonds is 2. The number of nitrogens with one attached hydrogen (secondary N) is 1. The molecule has 28 heavy (non-hydrogen) atoms. The Morgan fingerprint density at radius 3 is 2.82 bits per heavy atom. The van der Waals surface area contributed by atoms with Gasteiger partial charge >= 0.3 is 6.09 Å². The zero-order valence-corrected chi connectivity index (χ0v) is 19.4. The van der Waals surface area contributed by atoms with Crippen molar-refractivity contribution < 1.29 is 21.2 Å². The van der Waals surface area contributed by atoms with Gasteiger partial charge in [0.15, 0.2) is 28.8 Å². The predicted octanol–water partition coefficient (Wildman–Crippen LogP) is 4.30. The summed E-state index contributed by atoms with van der Waals surface area (Å²) in [6.45, 7) is 5.21. The van der Waals surface area contributed by atoms with E-state index in [0.29, 0.717) is 20.7 Å². The van der Waals surface area contributed by atoms with Crippen molar-refractivity contribution in [2.24, 2.45) is 4.99 Å². The fraction of sp³-hybridized carbons (Fsp3) is 0.412. The lowest BCUT2D eigenvalue weighted by molar-refractivity contribution is 0.0559. The van der Waals surface area contributed by atoms with Crippen LogP contribution in [0.3, 0.4) is 0 Å². The van der Waals surface area contributed by atoms with Crippen LogP contribution in [0.4, 0.5) is 9.18 Å². The summed E-state index contributed by atoms with van der Waals surface area (Å²) in [5, 5.41) is 2.94. The van der Waals surface area contributed by atoms with E-state index in [1.54, 1.807) is 69.0 Å². The number of thiophene rings is 1. The van der Waals surface area contributed by atoms with Gasteiger partial charge < -0.3 is 7.80 Å². The Morgan fingerprint density at radius 2 is 2.18 bits per heavy atom. The highest BCUT2D eigenvalue weighted by Gasteiger charge is 2.32. The maximum Gasteiger partial charge on any atom is 0.414 e. The fourth-order valence-corrected chi connectivity index (χ4v) is 5.42. The van der Waals surface area contributed by atoms with E-state index in [4.69, 9.17) is 7.80 Å². The summed E-state index contributed by atoms with van der Waals surface area (Å²) in [5.41, 5.74) is -0.691. The van der Waals surface area contributed by atoms with Gasteiger partial charge in [-0.05, 0) is 26.8 Å². The second-order valence-electron chi connectivity index (χ2n) is 7.07. The molecule has 152 valence electrons. The first kappa shape index (κ1) is 21.2. The highest BCUT2D eigenvalue weighted by Crippen LogP contribution is 2.41. The minimum absolute atomic E-state index is 0.0751. The molecule has 1 aromatic heterocycles. The predicted molar refractivity (Wildman–Crippen MR) is 117 cm³/mol. The summed E-state index contributed by atoms with van der Waals surface area (Å²) in [5.74, 6) is 0.326. The molecule has 3 rings (SSSR count). The standard InChI is InChI=1S/C17H19FIN3O4S2/c1-17(2,3)25-16(23)21-15-20-10(8-28(24)22(15)4)14-12(18)9-6-5-7-11(26-19)13(9)27-14/h5-7,10H,8H2,1-4H3,(H,20,21,23). The molecule has 0 bridgehead atoms. The van der Waals surface area contributed by atoms with Crippen molar-refractivity contribution in [1.82, 2.24) is 9.62 Å². The molecular formula is C17H19FIN3O4S2. The van der Waals surface area contributed by atoms with E-state index >= 15 is 4.39 Å². The number of guanidine groups is 1. The zero-order chi connectivity index (χ0) is 20.6. The van der Waals surface area contributed by atoms with Crippen LogP contribution >= 0.6 is 34.3 Å². The highest BCUT2D eigenvalue weighted by atomic mass is 127. The number of amides is 1. The third-order valence-electron chi connectivity index (χ3n) is 3.82. The van der Waals surface area contributed by atoms with E-state index < -0.39 is 34.5 Å². The fourth-order valence-electron chi connectivity index (χ4n) is 2.61. The maximum absolute atomic E-state index is 15.0. The zero-order valence-electron chi connectivity index (χ0n) is 15.6. The summed E-state index contributed by atoms with van der Waals surface area (Å²) in [7, 11) is 0.0648. The average molecular weight is 539 g/mol. The molecule has 1 aliphatic heterocycles. The second-order valence-corrected chi connectivity index (χ2v) is 10.1. The second kappa shape index (κ2) is 8.11. The molecule has 0 saturated heterocycles. The number of alkyl carbamates (subject to hydrolysis) is 1. The SMILES string of the molecule is CN1C(NC(=O)OC(C)(C)C)=NC(c2sc3c(OI)cccc3c2F)CS1=O. The first-order valence-corrected chi connectivity index (χ1v) is 11.3. The average Bonchev–Trinajstić information content (AvgIpc) is 2.94. The summed E-state index contributed by atoms with van der Waals surface area (Å²) in [6, 6.07) is 4.43. The Kier molecular flexibility index (Phi) is 6.15. The number of nitrogens with zero attached hydrogens (tertiary/aromatic N) is 2. The minimum Gasteiger partial charge on any atom is -0.444 e. The molecule has 2 atom stereocenters. The van der Waals surface area contributed by atoms with Crippen LogP contribution in [0.1, 0.15) is 31.7 Å². The van der Waals surface area contributed by atoms with E-state index in [1.165, 1.54) is 15.6 Å². The molecule has 2 unspecified atom stereocenters. The van der Waals surface area contributed by atoms with Crippen molar-refractivity contribution in [3.63, 3.8) is 0 Å². The summed E-state index contributed by atoms with van der Waals surface area (Å²) in [4.78, 5) is 16.9. The van der Waals surface area contributed by atoms with Gasteiger partial charge in [0.25, 0.3) is 0 Å². The van der Waals surface area contributed by atoms with Crippen LogP contribution < -0.4 is 8.38 Å². The summed E-state index contributed by atoms with van der Waals surface area (Å²) in [6.07, 6.45) is -0.715. The first-order valence-electron chi connectivity index (χ1n) is 8.30. The number of halogens is 2. The van der Waals surface area contributed by atoms with Crippen LogP contribution in [-0.2, 0) is 15.7 Å². The van der Waals surface area contributed by atoms with Gasteiger partial charge in [-0.2, -0.15) is 0 Å². The lowest BCUT2D eigenvalue weighted by Gasteiger charge is -2.28. The molecule has 1 aromatic carbocycles. The molecule has 7 nitrogen and oxygen atoms in total. The van der Waals surface area contributed by atoms with Gasteiger partial charge in [-0.25, -0.2) is 18.4 Å². The molecular weight excluding hydrogens is 520 g/mol. The maximum atomic E-state index is 15.0. The van der Waals surface area contributed by atoms with Gasteiger partial charge in [0, 0.05) is 12.4 Å². The van der Waals surface area contributed by atoms with E-state index in [1.807, 2.05) is 0 Å². The van der Waals surface area contributed by atoms with Crippen LogP contribution in [0.15, 0.2) is 23.2 Å². The van der Waals surface area contributed by atoms with Crippen molar-refractivity contribution >= 4 is 67.5 Å². The van der Waals surface area contributed by atoms with Crippen LogP contribution in [0.5, 0.6) is 5.75 Å². The van der Waals surface area contributed by atoms with Crippen molar-refractivity contribution in [2.75, 3.05) is 12.8 Å². The topological polar surface area (TPSA) is 80.2 Å². The number of benzene rings is 1. The highest BCUT2D eigenvalue weighted by molar-refractivity contribution is 14.1. The molecule has 2 aromatic rings. The normalized spacial score (nSPS) is 20.1. The number of hydrogen-bond acceptors (Lipinski definition) is 6. The molecule has 0 fully saturated rings. The van der Waals surface area contributed by atoms with Crippen molar-refractivity contribution in [3.05, 3.63) is 28.9 Å². The summed E-state index contributed by atoms with van der Waals surface area (Å²) >= 11 is 2.96. The van der Waals surface area contributed by atoms with Crippen molar-refractivity contribution in [2.45, 2.75) is 32.4 Å². The van der Waals surface area contributed by atoms with Gasteiger partial charge in [-0.3, -0.25) is 9.62 Å². The lowest BCUT2D eigenvalue weighted by atomic mass is 10.2. The molecule has 0 saturated carbocycles. The number of ether oxygens (including phenoxy) is 1. The largest absolute Gasteiger partial charge is 0.444 e. The van der Waals surface area contributed by atoms with Gasteiger partial charge in [0.2, 0.25) is 5.96 Å². The van der Waals surface area contributed by atoms with Crippen LogP contribution in [-0.4, -0.2) is 39.0 Å². The van der Waals surface area contributed by atoms with E-state index in [2.05, 4.69) is 10.3 Å². The van der Waals surface area contributed by atoms with E-state index in [0.717, 1.165) is 0 Å². The van der Waals surface area contributed by atoms with Gasteiger partial charge in [-0.1, -0.05) is 12.1 Å². The molecule has 0 spiro atoms. The van der Waals surface area contributed by atoms with Crippen molar-refractivity contribution in [3.8, 4) is 5.75 Å². The number of aliphatic imine (C=N–C) groups is 1. The molecule has 0 radical (unpaired) electrons. The number of hydrogen-bond donors (Lipinski definition) is 1. The van der Waals surface area contributed by atoms with Crippen LogP contribution in [0.2, 0.25) is 0 Å². The molecule has 1 N–H and O–H groups in total. The molecule has 1 aliphatic rings. The quantitative estimate of drug-likeness (QED) is 0.578. The molecule has 0 aliphatic carbocycles. The Labute approximate surface area is 182 Å². The molecule has 11 heteroatoms. The van der Waals surface area contributed by atoms with Crippen LogP contribution in [0.25, 0.3) is 10.1 Å². The summed E-state index contributed by atoms with van der Waals surface area (Å²) < 4.78 is 40.0. The first-order chi connectivity index (χ1) is 13.1. The third kappa shape index (κ3) is 4.40. The Hall–Kier alpha value is -1.47. The number of carbonyl (C=O) groups is 1. The van der Waals surface area contributed by atoms with Gasteiger partial charge in [0.05, 0.1) is 15.3 Å².